The van der Waals surface area contributed by atoms with Crippen LogP contribution >= 0.6 is 24.0 Å². The summed E-state index contributed by atoms with van der Waals surface area (Å²) in [5, 5.41) is 24.2. The van der Waals surface area contributed by atoms with Crippen molar-refractivity contribution in [1.82, 2.24) is 0 Å². The van der Waals surface area contributed by atoms with E-state index in [1.54, 1.807) is 17.9 Å². The van der Waals surface area contributed by atoms with Gasteiger partial charge in [0.1, 0.15) is 0 Å². The summed E-state index contributed by atoms with van der Waals surface area (Å²) in [5.74, 6) is 0. The van der Waals surface area contributed by atoms with Crippen LogP contribution in [0.4, 0.5) is 0 Å². The van der Waals surface area contributed by atoms with E-state index in [0.29, 0.717) is 0 Å². The van der Waals surface area contributed by atoms with Crippen LogP contribution < -0.4 is 0 Å². The summed E-state index contributed by atoms with van der Waals surface area (Å²) in [6, 6.07) is 0. The molecule has 0 bridgehead atoms. The molecule has 0 unspecified atom stereocenters. The van der Waals surface area contributed by atoms with Crippen molar-refractivity contribution in [3.63, 3.8) is 0 Å². The molecule has 0 amide bonds. The number of hydrogen-bond acceptors (Lipinski definition) is 5. The number of nitriles is 2. The van der Waals surface area contributed by atoms with Crippen LogP contribution in [0.2, 0.25) is 17.7 Å². The Hall–Kier alpha value is 1.63. The van der Waals surface area contributed by atoms with Crippen molar-refractivity contribution in [2.45, 2.75) is 96.8 Å². The van der Waals surface area contributed by atoms with E-state index in [4.69, 9.17) is 0 Å². The van der Waals surface area contributed by atoms with Gasteiger partial charge < -0.3 is 0 Å². The molecule has 0 saturated heterocycles. The van der Waals surface area contributed by atoms with E-state index >= 15 is 0 Å². The Bertz CT molecular complexity index is 368. The summed E-state index contributed by atoms with van der Waals surface area (Å²) in [6.45, 7) is 9.08. The van der Waals surface area contributed by atoms with Crippen LogP contribution in [0.3, 0.4) is 0 Å². The van der Waals surface area contributed by atoms with Crippen molar-refractivity contribution >= 4 is 55.2 Å². The third-order valence-electron chi connectivity index (χ3n) is 4.48. The summed E-state index contributed by atoms with van der Waals surface area (Å²) >= 11 is -5.22. The van der Waals surface area contributed by atoms with Crippen LogP contribution in [-0.2, 0) is 0 Å². The fourth-order valence-electron chi connectivity index (χ4n) is 2.99. The van der Waals surface area contributed by atoms with E-state index in [1.807, 2.05) is 0 Å². The molecular formula is C18H36N2S3Sn2. The van der Waals surface area contributed by atoms with E-state index < -0.39 is 31.2 Å². The molecule has 0 N–H and O–H groups in total. The Morgan fingerprint density at radius 3 is 1.08 bits per heavy atom. The van der Waals surface area contributed by atoms with Gasteiger partial charge in [-0.3, -0.25) is 0 Å². The maximum atomic E-state index is 9.58. The molecular weight excluding hydrogens is 578 g/mol. The summed E-state index contributed by atoms with van der Waals surface area (Å²) in [5.41, 5.74) is 0. The molecule has 0 atom stereocenters. The van der Waals surface area contributed by atoms with Crippen molar-refractivity contribution in [2.24, 2.45) is 0 Å². The van der Waals surface area contributed by atoms with E-state index in [9.17, 15) is 10.5 Å². The van der Waals surface area contributed by atoms with E-state index in [0.717, 1.165) is 0 Å². The third-order valence-corrected chi connectivity index (χ3v) is 113. The molecule has 2 nitrogen and oxygen atoms in total. The topological polar surface area (TPSA) is 47.6 Å². The minimum atomic E-state index is -2.61. The van der Waals surface area contributed by atoms with Gasteiger partial charge in [-0.15, -0.1) is 0 Å². The first-order valence-electron chi connectivity index (χ1n) is 9.91. The van der Waals surface area contributed by atoms with Crippen LogP contribution in [0, 0.1) is 21.3 Å². The number of rotatable bonds is 16. The van der Waals surface area contributed by atoms with Gasteiger partial charge >= 0.3 is 173 Å². The molecule has 0 aromatic heterocycles. The van der Waals surface area contributed by atoms with Gasteiger partial charge in [-0.1, -0.05) is 0 Å². The molecule has 0 heterocycles. The molecule has 0 aliphatic carbocycles. The van der Waals surface area contributed by atoms with E-state index in [1.165, 1.54) is 69.1 Å². The Balaban J connectivity index is 5.61. The Morgan fingerprint density at radius 1 is 0.600 bits per heavy atom. The molecule has 25 heavy (non-hydrogen) atoms. The Labute approximate surface area is 171 Å². The first-order valence-corrected chi connectivity index (χ1v) is 34.4. The first-order chi connectivity index (χ1) is 12.1. The number of nitrogens with zero attached hydrogens (tertiary/aromatic N) is 2. The molecule has 0 aliphatic heterocycles. The third kappa shape index (κ3) is 11.3. The van der Waals surface area contributed by atoms with Crippen LogP contribution in [-0.4, -0.2) is 31.2 Å². The van der Waals surface area contributed by atoms with Gasteiger partial charge in [0.25, 0.3) is 0 Å². The average molecular weight is 614 g/mol. The van der Waals surface area contributed by atoms with Gasteiger partial charge in [-0.25, -0.2) is 0 Å². The summed E-state index contributed by atoms with van der Waals surface area (Å²) < 4.78 is 5.32. The van der Waals surface area contributed by atoms with Crippen LogP contribution in [0.5, 0.6) is 0 Å². The predicted molar refractivity (Wildman–Crippen MR) is 124 cm³/mol. The summed E-state index contributed by atoms with van der Waals surface area (Å²) in [7, 11) is 3.46. The minimum absolute atomic E-state index is 1.23. The quantitative estimate of drug-likeness (QED) is 0.130. The molecule has 0 aromatic rings. The second-order valence-corrected chi connectivity index (χ2v) is 65.2. The summed E-state index contributed by atoms with van der Waals surface area (Å²) in [6.07, 6.45) is 12.4. The molecule has 0 radical (unpaired) electrons. The second kappa shape index (κ2) is 16.6. The Kier molecular flexibility index (Phi) is 17.6. The van der Waals surface area contributed by atoms with Crippen molar-refractivity contribution < 1.29 is 0 Å². The normalized spacial score (nSPS) is 11.9. The van der Waals surface area contributed by atoms with Gasteiger partial charge in [-0.05, 0) is 0 Å². The molecule has 0 saturated carbocycles. The zero-order valence-corrected chi connectivity index (χ0v) is 24.8. The fourth-order valence-corrected chi connectivity index (χ4v) is 171. The fraction of sp³-hybridized carbons (Fsp3) is 0.889. The van der Waals surface area contributed by atoms with E-state index in [2.05, 4.69) is 44.6 Å². The number of thiocyanates is 2. The SMILES string of the molecule is CCC[CH2][Sn]([CH2]CCC)([S]C#N)[S][Sn]([CH2]CCC)([CH2]CCC)[S]C#N. The van der Waals surface area contributed by atoms with Gasteiger partial charge in [0.2, 0.25) is 0 Å². The van der Waals surface area contributed by atoms with Gasteiger partial charge in [-0.2, -0.15) is 0 Å². The van der Waals surface area contributed by atoms with Crippen molar-refractivity contribution in [2.75, 3.05) is 0 Å². The van der Waals surface area contributed by atoms with Crippen LogP contribution in [0.25, 0.3) is 0 Å². The summed E-state index contributed by atoms with van der Waals surface area (Å²) in [4.78, 5) is 0. The van der Waals surface area contributed by atoms with Crippen LogP contribution in [0.15, 0.2) is 0 Å². The van der Waals surface area contributed by atoms with E-state index in [-0.39, 0.29) is 0 Å². The van der Waals surface area contributed by atoms with Crippen molar-refractivity contribution in [3.8, 4) is 10.8 Å². The molecule has 0 aromatic carbocycles. The molecule has 0 spiro atoms. The molecule has 0 aliphatic rings. The van der Waals surface area contributed by atoms with Crippen LogP contribution in [0.1, 0.15) is 79.1 Å². The van der Waals surface area contributed by atoms with Crippen molar-refractivity contribution in [1.29, 1.82) is 10.5 Å². The van der Waals surface area contributed by atoms with Gasteiger partial charge in [0.05, 0.1) is 0 Å². The molecule has 144 valence electrons. The standard InChI is InChI=1S/4C4H9.2CHNS.S.2Sn/c4*1-3-4-2;2*2-1-3;;;/h4*1,3-4H2,2H3;2*3H;;;/q;;;;;;;2*+1/p-2. The molecule has 0 rings (SSSR count). The maximum absolute atomic E-state index is 9.58. The number of hydrogen-bond donors (Lipinski definition) is 0. The Morgan fingerprint density at radius 2 is 0.880 bits per heavy atom. The average Bonchev–Trinajstić information content (AvgIpc) is 2.61. The zero-order valence-electron chi connectivity index (χ0n) is 16.6. The predicted octanol–water partition coefficient (Wildman–Crippen LogP) is 8.23. The zero-order chi connectivity index (χ0) is 19.0. The van der Waals surface area contributed by atoms with Gasteiger partial charge in [0.15, 0.2) is 0 Å². The monoisotopic (exact) mass is 616 g/mol. The van der Waals surface area contributed by atoms with Gasteiger partial charge in [0, 0.05) is 0 Å². The first kappa shape index (κ1) is 26.6. The molecule has 0 fully saturated rings. The van der Waals surface area contributed by atoms with Crippen molar-refractivity contribution in [3.05, 3.63) is 0 Å². The second-order valence-electron chi connectivity index (χ2n) is 6.72. The number of unbranched alkanes of at least 4 members (excludes halogenated alkanes) is 4. The molecule has 7 heteroatoms.